The molecule has 0 saturated carbocycles. The fourth-order valence-corrected chi connectivity index (χ4v) is 2.65. The maximum absolute atomic E-state index is 12.2. The number of aromatic nitrogens is 1. The van der Waals surface area contributed by atoms with Gasteiger partial charge in [0, 0.05) is 12.4 Å². The van der Waals surface area contributed by atoms with Gasteiger partial charge in [-0.2, -0.15) is 0 Å². The van der Waals surface area contributed by atoms with Crippen molar-refractivity contribution >= 4 is 23.2 Å². The molecule has 0 bridgehead atoms. The Balaban J connectivity index is 2.00. The smallest absolute Gasteiger partial charge is 0.341 e. The minimum Gasteiger partial charge on any atom is -0.465 e. The fraction of sp³-hybridized carbons (Fsp3) is 0.400. The molecular formula is C15H18N2O4S. The number of rotatable bonds is 5. The molecule has 2 heterocycles. The minimum absolute atomic E-state index is 0.0565. The average molecular weight is 322 g/mol. The molecule has 2 rings (SSSR count). The molecule has 0 radical (unpaired) electrons. The molecule has 0 saturated heterocycles. The summed E-state index contributed by atoms with van der Waals surface area (Å²) in [4.78, 5) is 29.5. The number of nitrogens with zero attached hydrogens (tertiary/aromatic N) is 2. The van der Waals surface area contributed by atoms with Crippen LogP contribution in [0.15, 0.2) is 15.9 Å². The molecule has 0 aromatic carbocycles. The van der Waals surface area contributed by atoms with Crippen molar-refractivity contribution < 1.29 is 18.7 Å². The number of esters is 1. The second-order valence-electron chi connectivity index (χ2n) is 4.96. The molecule has 0 atom stereocenters. The van der Waals surface area contributed by atoms with E-state index >= 15 is 0 Å². The highest BCUT2D eigenvalue weighted by molar-refractivity contribution is 7.09. The van der Waals surface area contributed by atoms with Crippen LogP contribution >= 0.6 is 11.3 Å². The van der Waals surface area contributed by atoms with E-state index in [2.05, 4.69) is 9.72 Å². The third kappa shape index (κ3) is 3.73. The first kappa shape index (κ1) is 16.2. The third-order valence-electron chi connectivity index (χ3n) is 3.19. The first-order valence-corrected chi connectivity index (χ1v) is 7.61. The number of carbonyl (C=O) groups is 2. The van der Waals surface area contributed by atoms with Crippen LogP contribution in [0.25, 0.3) is 0 Å². The third-order valence-corrected chi connectivity index (χ3v) is 4.01. The lowest BCUT2D eigenvalue weighted by atomic mass is 10.2. The maximum atomic E-state index is 12.2. The molecule has 0 unspecified atom stereocenters. The Hall–Kier alpha value is -2.15. The van der Waals surface area contributed by atoms with Crippen LogP contribution in [0.5, 0.6) is 0 Å². The van der Waals surface area contributed by atoms with Crippen molar-refractivity contribution in [1.29, 1.82) is 0 Å². The van der Waals surface area contributed by atoms with Crippen molar-refractivity contribution in [3.8, 4) is 0 Å². The van der Waals surface area contributed by atoms with Crippen LogP contribution in [0, 0.1) is 13.8 Å². The Morgan fingerprint density at radius 2 is 2.14 bits per heavy atom. The van der Waals surface area contributed by atoms with Crippen LogP contribution in [-0.2, 0) is 22.5 Å². The number of furan rings is 1. The van der Waals surface area contributed by atoms with E-state index < -0.39 is 5.97 Å². The second kappa shape index (κ2) is 6.74. The Morgan fingerprint density at radius 1 is 1.41 bits per heavy atom. The molecule has 0 aliphatic carbocycles. The minimum atomic E-state index is -0.445. The molecule has 0 aliphatic rings. The number of aryl methyl sites for hydroxylation is 2. The van der Waals surface area contributed by atoms with E-state index in [1.54, 1.807) is 24.9 Å². The van der Waals surface area contributed by atoms with Gasteiger partial charge in [-0.15, -0.1) is 11.3 Å². The highest BCUT2D eigenvalue weighted by Gasteiger charge is 2.18. The molecule has 0 fully saturated rings. The summed E-state index contributed by atoms with van der Waals surface area (Å²) in [5.74, 6) is 0.527. The number of carbonyl (C=O) groups excluding carboxylic acids is 2. The number of methoxy groups -OCH3 is 1. The summed E-state index contributed by atoms with van der Waals surface area (Å²) < 4.78 is 10.2. The van der Waals surface area contributed by atoms with Gasteiger partial charge in [-0.25, -0.2) is 9.78 Å². The zero-order valence-electron chi connectivity index (χ0n) is 13.0. The highest BCUT2D eigenvalue weighted by atomic mass is 32.1. The van der Waals surface area contributed by atoms with Gasteiger partial charge in [0.2, 0.25) is 5.91 Å². The van der Waals surface area contributed by atoms with Gasteiger partial charge in [0.25, 0.3) is 0 Å². The van der Waals surface area contributed by atoms with Gasteiger partial charge in [-0.05, 0) is 19.9 Å². The van der Waals surface area contributed by atoms with Crippen LogP contribution in [0.2, 0.25) is 0 Å². The number of hydrogen-bond acceptors (Lipinski definition) is 6. The predicted molar refractivity (Wildman–Crippen MR) is 81.8 cm³/mol. The van der Waals surface area contributed by atoms with E-state index in [9.17, 15) is 9.59 Å². The van der Waals surface area contributed by atoms with Crippen molar-refractivity contribution in [1.82, 2.24) is 9.88 Å². The molecule has 0 spiro atoms. The molecular weight excluding hydrogens is 304 g/mol. The Labute approximate surface area is 132 Å². The molecule has 1 amide bonds. The summed E-state index contributed by atoms with van der Waals surface area (Å²) >= 11 is 1.52. The van der Waals surface area contributed by atoms with Gasteiger partial charge >= 0.3 is 5.97 Å². The number of likely N-dealkylation sites (N-methyl/N-ethyl adjacent to an activating group) is 1. The molecule has 0 N–H and O–H groups in total. The van der Waals surface area contributed by atoms with Crippen molar-refractivity contribution in [2.24, 2.45) is 0 Å². The van der Waals surface area contributed by atoms with Crippen LogP contribution < -0.4 is 0 Å². The first-order chi connectivity index (χ1) is 10.4. The highest BCUT2D eigenvalue weighted by Crippen LogP contribution is 2.17. The normalized spacial score (nSPS) is 10.5. The number of thiazole rings is 1. The van der Waals surface area contributed by atoms with Crippen molar-refractivity contribution in [3.63, 3.8) is 0 Å². The van der Waals surface area contributed by atoms with Crippen LogP contribution in [0.4, 0.5) is 0 Å². The van der Waals surface area contributed by atoms with E-state index in [0.29, 0.717) is 23.6 Å². The maximum Gasteiger partial charge on any atom is 0.341 e. The van der Waals surface area contributed by atoms with Crippen molar-refractivity contribution in [2.75, 3.05) is 14.2 Å². The molecule has 0 aliphatic heterocycles. The van der Waals surface area contributed by atoms with E-state index in [0.717, 1.165) is 10.7 Å². The zero-order valence-corrected chi connectivity index (χ0v) is 13.8. The Bertz CT molecular complexity index is 690. The molecule has 7 heteroatoms. The van der Waals surface area contributed by atoms with E-state index in [4.69, 9.17) is 4.42 Å². The predicted octanol–water partition coefficient (Wildman–Crippen LogP) is 2.34. The topological polar surface area (TPSA) is 72.6 Å². The van der Waals surface area contributed by atoms with Crippen molar-refractivity contribution in [3.05, 3.63) is 39.2 Å². The van der Waals surface area contributed by atoms with Gasteiger partial charge in [0.15, 0.2) is 0 Å². The summed E-state index contributed by atoms with van der Waals surface area (Å²) in [6.45, 7) is 3.89. The standard InChI is InChI=1S/C15H18N2O4S/c1-9-13(15(19)20-4)6-12(21-9)7-17(3)14(18)5-11-8-22-10(2)16-11/h6,8H,5,7H2,1-4H3. The quantitative estimate of drug-likeness (QED) is 0.790. The number of ether oxygens (including phenoxy) is 1. The Kier molecular flexibility index (Phi) is 4.97. The summed E-state index contributed by atoms with van der Waals surface area (Å²) in [6, 6.07) is 1.61. The lowest BCUT2D eigenvalue weighted by molar-refractivity contribution is -0.130. The van der Waals surface area contributed by atoms with E-state index in [1.807, 2.05) is 12.3 Å². The molecule has 2 aromatic heterocycles. The number of hydrogen-bond donors (Lipinski definition) is 0. The zero-order chi connectivity index (χ0) is 16.3. The van der Waals surface area contributed by atoms with Crippen LogP contribution in [0.3, 0.4) is 0 Å². The second-order valence-corrected chi connectivity index (χ2v) is 6.02. The SMILES string of the molecule is COC(=O)c1cc(CN(C)C(=O)Cc2csc(C)n2)oc1C. The number of amides is 1. The first-order valence-electron chi connectivity index (χ1n) is 6.73. The molecule has 2 aromatic rings. The lowest BCUT2D eigenvalue weighted by Gasteiger charge is -2.14. The van der Waals surface area contributed by atoms with Gasteiger partial charge < -0.3 is 14.1 Å². The largest absolute Gasteiger partial charge is 0.465 e. The van der Waals surface area contributed by atoms with E-state index in [-0.39, 0.29) is 12.3 Å². The molecule has 22 heavy (non-hydrogen) atoms. The van der Waals surface area contributed by atoms with Gasteiger partial charge in [-0.3, -0.25) is 4.79 Å². The average Bonchev–Trinajstić information content (AvgIpc) is 3.04. The van der Waals surface area contributed by atoms with Crippen LogP contribution in [0.1, 0.15) is 32.6 Å². The monoisotopic (exact) mass is 322 g/mol. The van der Waals surface area contributed by atoms with Gasteiger partial charge in [0.1, 0.15) is 17.1 Å². The van der Waals surface area contributed by atoms with E-state index in [1.165, 1.54) is 18.4 Å². The summed E-state index contributed by atoms with van der Waals surface area (Å²) in [7, 11) is 3.01. The van der Waals surface area contributed by atoms with Gasteiger partial charge in [0.05, 0.1) is 30.8 Å². The lowest BCUT2D eigenvalue weighted by Crippen LogP contribution is -2.27. The van der Waals surface area contributed by atoms with Gasteiger partial charge in [-0.1, -0.05) is 0 Å². The fourth-order valence-electron chi connectivity index (χ4n) is 2.04. The summed E-state index contributed by atoms with van der Waals surface area (Å²) in [5, 5.41) is 2.82. The Morgan fingerprint density at radius 3 is 2.73 bits per heavy atom. The molecule has 118 valence electrons. The molecule has 6 nitrogen and oxygen atoms in total. The van der Waals surface area contributed by atoms with Crippen LogP contribution in [-0.4, -0.2) is 35.9 Å². The summed E-state index contributed by atoms with van der Waals surface area (Å²) in [6.07, 6.45) is 0.254. The van der Waals surface area contributed by atoms with Crippen molar-refractivity contribution in [2.45, 2.75) is 26.8 Å². The summed E-state index contributed by atoms with van der Waals surface area (Å²) in [5.41, 5.74) is 1.15.